The van der Waals surface area contributed by atoms with Gasteiger partial charge in [-0.25, -0.2) is 4.98 Å². The summed E-state index contributed by atoms with van der Waals surface area (Å²) in [6, 6.07) is 7.64. The topological polar surface area (TPSA) is 58.2 Å². The van der Waals surface area contributed by atoms with Gasteiger partial charge in [0, 0.05) is 13.0 Å². The number of imidazole rings is 1. The second kappa shape index (κ2) is 5.36. The van der Waals surface area contributed by atoms with Crippen molar-refractivity contribution in [2.75, 3.05) is 13.7 Å². The summed E-state index contributed by atoms with van der Waals surface area (Å²) in [7, 11) is 1.63. The lowest BCUT2D eigenvalue weighted by Crippen LogP contribution is -2.37. The monoisotopic (exact) mass is 271 g/mol. The van der Waals surface area contributed by atoms with Crippen LogP contribution in [0, 0.1) is 0 Å². The normalized spacial score (nSPS) is 13.9. The Morgan fingerprint density at radius 3 is 3.25 bits per heavy atom. The van der Waals surface area contributed by atoms with Crippen LogP contribution in [0.15, 0.2) is 30.6 Å². The van der Waals surface area contributed by atoms with Gasteiger partial charge in [0.25, 0.3) is 0 Å². The second-order valence-corrected chi connectivity index (χ2v) is 4.92. The first kappa shape index (κ1) is 12.7. The molecule has 0 radical (unpaired) electrons. The first-order valence-electron chi connectivity index (χ1n) is 6.68. The van der Waals surface area contributed by atoms with E-state index >= 15 is 0 Å². The van der Waals surface area contributed by atoms with Gasteiger partial charge in [-0.2, -0.15) is 0 Å². The second-order valence-electron chi connectivity index (χ2n) is 4.92. The smallest absolute Gasteiger partial charge is 0.227 e. The molecule has 5 heteroatoms. The van der Waals surface area contributed by atoms with Gasteiger partial charge in [-0.05, 0) is 17.7 Å². The highest BCUT2D eigenvalue weighted by molar-refractivity contribution is 5.79. The standard InChI is InChI=1S/C15H17N3O2/c1-20-12-4-2-3-11(7-12)8-15(19)18-6-5-13-14(9-18)17-10-16-13/h2-4,7,10H,5-6,8-9H2,1H3,(H,16,17). The molecule has 20 heavy (non-hydrogen) atoms. The molecular formula is C15H17N3O2. The Kier molecular flexibility index (Phi) is 3.41. The fourth-order valence-electron chi connectivity index (χ4n) is 2.49. The van der Waals surface area contributed by atoms with E-state index in [0.29, 0.717) is 13.0 Å². The minimum Gasteiger partial charge on any atom is -0.497 e. The summed E-state index contributed by atoms with van der Waals surface area (Å²) in [4.78, 5) is 21.6. The number of carbonyl (C=O) groups excluding carboxylic acids is 1. The Balaban J connectivity index is 1.68. The number of amides is 1. The summed E-state index contributed by atoms with van der Waals surface area (Å²) in [6.07, 6.45) is 2.92. The summed E-state index contributed by atoms with van der Waals surface area (Å²) in [5.74, 6) is 0.920. The van der Waals surface area contributed by atoms with E-state index in [0.717, 1.165) is 35.7 Å². The van der Waals surface area contributed by atoms with Crippen molar-refractivity contribution in [1.29, 1.82) is 0 Å². The molecule has 1 amide bonds. The van der Waals surface area contributed by atoms with Crippen molar-refractivity contribution in [3.05, 3.63) is 47.5 Å². The van der Waals surface area contributed by atoms with Gasteiger partial charge in [0.2, 0.25) is 5.91 Å². The van der Waals surface area contributed by atoms with Crippen LogP contribution in [0.25, 0.3) is 0 Å². The summed E-state index contributed by atoms with van der Waals surface area (Å²) in [6.45, 7) is 1.36. The number of benzene rings is 1. The SMILES string of the molecule is COc1cccc(CC(=O)N2CCc3nc[nH]c3C2)c1. The van der Waals surface area contributed by atoms with Gasteiger partial charge < -0.3 is 14.6 Å². The summed E-state index contributed by atoms with van der Waals surface area (Å²) in [5, 5.41) is 0. The summed E-state index contributed by atoms with van der Waals surface area (Å²) < 4.78 is 5.18. The van der Waals surface area contributed by atoms with Gasteiger partial charge in [0.15, 0.2) is 0 Å². The molecule has 1 aliphatic rings. The van der Waals surface area contributed by atoms with Crippen LogP contribution in [0.1, 0.15) is 17.0 Å². The van der Waals surface area contributed by atoms with E-state index in [1.807, 2.05) is 29.2 Å². The molecule has 5 nitrogen and oxygen atoms in total. The average molecular weight is 271 g/mol. The number of methoxy groups -OCH3 is 1. The van der Waals surface area contributed by atoms with Gasteiger partial charge in [0.1, 0.15) is 5.75 Å². The Bertz CT molecular complexity index is 621. The molecule has 3 rings (SSSR count). The van der Waals surface area contributed by atoms with Crippen molar-refractivity contribution in [2.24, 2.45) is 0 Å². The number of fused-ring (bicyclic) bond motifs is 1. The zero-order valence-corrected chi connectivity index (χ0v) is 11.4. The Hall–Kier alpha value is -2.30. The molecule has 0 spiro atoms. The maximum absolute atomic E-state index is 12.3. The molecule has 1 N–H and O–H groups in total. The highest BCUT2D eigenvalue weighted by atomic mass is 16.5. The molecule has 0 unspecified atom stereocenters. The Morgan fingerprint density at radius 2 is 2.40 bits per heavy atom. The maximum Gasteiger partial charge on any atom is 0.227 e. The number of hydrogen-bond donors (Lipinski definition) is 1. The first-order valence-corrected chi connectivity index (χ1v) is 6.68. The van der Waals surface area contributed by atoms with Crippen molar-refractivity contribution in [3.63, 3.8) is 0 Å². The van der Waals surface area contributed by atoms with Crippen LogP contribution in [0.4, 0.5) is 0 Å². The van der Waals surface area contributed by atoms with Crippen LogP contribution in [0.3, 0.4) is 0 Å². The number of ether oxygens (including phenoxy) is 1. The van der Waals surface area contributed by atoms with Gasteiger partial charge >= 0.3 is 0 Å². The highest BCUT2D eigenvalue weighted by Crippen LogP contribution is 2.17. The van der Waals surface area contributed by atoms with E-state index in [-0.39, 0.29) is 5.91 Å². The van der Waals surface area contributed by atoms with Crippen LogP contribution < -0.4 is 4.74 Å². The quantitative estimate of drug-likeness (QED) is 0.921. The molecule has 104 valence electrons. The van der Waals surface area contributed by atoms with Gasteiger partial charge in [0.05, 0.1) is 37.8 Å². The van der Waals surface area contributed by atoms with Crippen molar-refractivity contribution in [1.82, 2.24) is 14.9 Å². The van der Waals surface area contributed by atoms with Crippen molar-refractivity contribution in [3.8, 4) is 5.75 Å². The van der Waals surface area contributed by atoms with Crippen LogP contribution in [0.5, 0.6) is 5.75 Å². The van der Waals surface area contributed by atoms with Gasteiger partial charge in [-0.1, -0.05) is 12.1 Å². The molecule has 2 aromatic rings. The van der Waals surface area contributed by atoms with Crippen molar-refractivity contribution >= 4 is 5.91 Å². The van der Waals surface area contributed by atoms with E-state index in [9.17, 15) is 4.79 Å². The zero-order valence-electron chi connectivity index (χ0n) is 11.4. The Morgan fingerprint density at radius 1 is 1.50 bits per heavy atom. The molecule has 2 heterocycles. The van der Waals surface area contributed by atoms with Crippen LogP contribution in [-0.4, -0.2) is 34.4 Å². The number of rotatable bonds is 3. The maximum atomic E-state index is 12.3. The third kappa shape index (κ3) is 2.52. The lowest BCUT2D eigenvalue weighted by Gasteiger charge is -2.26. The van der Waals surface area contributed by atoms with E-state index in [2.05, 4.69) is 9.97 Å². The van der Waals surface area contributed by atoms with Crippen LogP contribution in [-0.2, 0) is 24.2 Å². The molecule has 0 aliphatic carbocycles. The third-order valence-electron chi connectivity index (χ3n) is 3.62. The minimum absolute atomic E-state index is 0.138. The number of H-pyrrole nitrogens is 1. The number of aromatic amines is 1. The number of hydrogen-bond acceptors (Lipinski definition) is 3. The van der Waals surface area contributed by atoms with Crippen molar-refractivity contribution < 1.29 is 9.53 Å². The predicted molar refractivity (Wildman–Crippen MR) is 74.4 cm³/mol. The first-order chi connectivity index (χ1) is 9.76. The minimum atomic E-state index is 0.138. The Labute approximate surface area is 117 Å². The number of aromatic nitrogens is 2. The molecule has 0 atom stereocenters. The van der Waals surface area contributed by atoms with Crippen LogP contribution >= 0.6 is 0 Å². The molecular weight excluding hydrogens is 254 g/mol. The average Bonchev–Trinajstić information content (AvgIpc) is 2.94. The van der Waals surface area contributed by atoms with E-state index in [4.69, 9.17) is 4.74 Å². The molecule has 0 saturated carbocycles. The fourth-order valence-corrected chi connectivity index (χ4v) is 2.49. The fraction of sp³-hybridized carbons (Fsp3) is 0.333. The number of nitrogens with one attached hydrogen (secondary N) is 1. The molecule has 1 aromatic heterocycles. The van der Waals surface area contributed by atoms with E-state index in [1.54, 1.807) is 13.4 Å². The third-order valence-corrected chi connectivity index (χ3v) is 3.62. The molecule has 0 saturated heterocycles. The van der Waals surface area contributed by atoms with Gasteiger partial charge in [-0.3, -0.25) is 4.79 Å². The zero-order chi connectivity index (χ0) is 13.9. The van der Waals surface area contributed by atoms with E-state index < -0.39 is 0 Å². The summed E-state index contributed by atoms with van der Waals surface area (Å²) in [5.41, 5.74) is 3.11. The molecule has 1 aliphatic heterocycles. The van der Waals surface area contributed by atoms with Crippen LogP contribution in [0.2, 0.25) is 0 Å². The number of carbonyl (C=O) groups is 1. The lowest BCUT2D eigenvalue weighted by atomic mass is 10.1. The largest absolute Gasteiger partial charge is 0.497 e. The number of nitrogens with zero attached hydrogens (tertiary/aromatic N) is 2. The van der Waals surface area contributed by atoms with Crippen molar-refractivity contribution in [2.45, 2.75) is 19.4 Å². The molecule has 0 fully saturated rings. The highest BCUT2D eigenvalue weighted by Gasteiger charge is 2.22. The summed E-state index contributed by atoms with van der Waals surface area (Å²) >= 11 is 0. The predicted octanol–water partition coefficient (Wildman–Crippen LogP) is 1.55. The molecule has 0 bridgehead atoms. The van der Waals surface area contributed by atoms with Gasteiger partial charge in [-0.15, -0.1) is 0 Å². The van der Waals surface area contributed by atoms with E-state index in [1.165, 1.54) is 0 Å². The lowest BCUT2D eigenvalue weighted by molar-refractivity contribution is -0.131. The molecule has 1 aromatic carbocycles.